The average Bonchev–Trinajstić information content (AvgIpc) is 2.92. The first-order valence-corrected chi connectivity index (χ1v) is 9.27. The van der Waals surface area contributed by atoms with Crippen molar-refractivity contribution in [1.29, 1.82) is 0 Å². The Morgan fingerprint density at radius 1 is 0.893 bits per heavy atom. The third-order valence-electron chi connectivity index (χ3n) is 4.25. The van der Waals surface area contributed by atoms with Gasteiger partial charge in [-0.1, -0.05) is 30.3 Å². The molecule has 0 bridgehead atoms. The maximum atomic E-state index is 13.1. The van der Waals surface area contributed by atoms with Crippen LogP contribution in [-0.4, -0.2) is 39.0 Å². The number of fused-ring (bicyclic) bond motifs is 2. The van der Waals surface area contributed by atoms with Crippen molar-refractivity contribution in [3.63, 3.8) is 0 Å². The second kappa shape index (κ2) is 6.90. The van der Waals surface area contributed by atoms with E-state index in [2.05, 4.69) is 9.97 Å². The standard InChI is InChI=1S/C19H12F3N3O2S/c20-19(21,22)18-23-14-8-4-3-7-13(14)15(24-18)28-10-9-25-16(26)11-5-1-2-6-12(11)17(25)27/h1-8H,9-10H2. The highest BCUT2D eigenvalue weighted by molar-refractivity contribution is 7.99. The molecule has 28 heavy (non-hydrogen) atoms. The second-order valence-electron chi connectivity index (χ2n) is 6.02. The van der Waals surface area contributed by atoms with Crippen LogP contribution in [0.25, 0.3) is 10.9 Å². The summed E-state index contributed by atoms with van der Waals surface area (Å²) < 4.78 is 39.3. The van der Waals surface area contributed by atoms with E-state index in [1.54, 1.807) is 42.5 Å². The lowest BCUT2D eigenvalue weighted by Gasteiger charge is -2.14. The number of carbonyl (C=O) groups is 2. The number of amides is 2. The van der Waals surface area contributed by atoms with E-state index in [9.17, 15) is 22.8 Å². The van der Waals surface area contributed by atoms with Crippen molar-refractivity contribution in [3.05, 3.63) is 65.5 Å². The van der Waals surface area contributed by atoms with E-state index in [1.807, 2.05) is 0 Å². The van der Waals surface area contributed by atoms with Gasteiger partial charge in [0.25, 0.3) is 11.8 Å². The van der Waals surface area contributed by atoms with E-state index in [-0.39, 0.29) is 22.8 Å². The van der Waals surface area contributed by atoms with Gasteiger partial charge < -0.3 is 0 Å². The Morgan fingerprint density at radius 2 is 1.50 bits per heavy atom. The van der Waals surface area contributed by atoms with E-state index < -0.39 is 23.8 Å². The smallest absolute Gasteiger partial charge is 0.273 e. The zero-order valence-electron chi connectivity index (χ0n) is 14.2. The van der Waals surface area contributed by atoms with Crippen LogP contribution in [0.15, 0.2) is 53.6 Å². The molecule has 1 aliphatic heterocycles. The maximum absolute atomic E-state index is 13.1. The van der Waals surface area contributed by atoms with Gasteiger partial charge in [0.1, 0.15) is 5.03 Å². The van der Waals surface area contributed by atoms with Crippen molar-refractivity contribution in [2.75, 3.05) is 12.3 Å². The molecule has 142 valence electrons. The van der Waals surface area contributed by atoms with Crippen LogP contribution in [0, 0.1) is 0 Å². The first kappa shape index (κ1) is 18.4. The Balaban J connectivity index is 1.55. The molecule has 0 atom stereocenters. The molecular formula is C19H12F3N3O2S. The van der Waals surface area contributed by atoms with Gasteiger partial charge in [0.2, 0.25) is 5.82 Å². The monoisotopic (exact) mass is 403 g/mol. The summed E-state index contributed by atoms with van der Waals surface area (Å²) >= 11 is 1.05. The highest BCUT2D eigenvalue weighted by atomic mass is 32.2. The van der Waals surface area contributed by atoms with Crippen molar-refractivity contribution in [1.82, 2.24) is 14.9 Å². The van der Waals surface area contributed by atoms with Gasteiger partial charge in [-0.25, -0.2) is 9.97 Å². The van der Waals surface area contributed by atoms with Gasteiger partial charge in [-0.2, -0.15) is 13.2 Å². The fourth-order valence-corrected chi connectivity index (χ4v) is 3.91. The van der Waals surface area contributed by atoms with Crippen LogP contribution in [-0.2, 0) is 6.18 Å². The van der Waals surface area contributed by atoms with Crippen molar-refractivity contribution >= 4 is 34.5 Å². The summed E-state index contributed by atoms with van der Waals surface area (Å²) in [4.78, 5) is 33.1. The van der Waals surface area contributed by atoms with E-state index in [0.29, 0.717) is 16.5 Å². The number of hydrogen-bond acceptors (Lipinski definition) is 5. The summed E-state index contributed by atoms with van der Waals surface area (Å²) in [6.45, 7) is 0.0662. The topological polar surface area (TPSA) is 63.2 Å². The van der Waals surface area contributed by atoms with Crippen molar-refractivity contribution < 1.29 is 22.8 Å². The van der Waals surface area contributed by atoms with Gasteiger partial charge in [0.05, 0.1) is 16.6 Å². The summed E-state index contributed by atoms with van der Waals surface area (Å²) in [5, 5.41) is 0.650. The number of carbonyl (C=O) groups excluding carboxylic acids is 2. The summed E-state index contributed by atoms with van der Waals surface area (Å²) in [5.74, 6) is -1.80. The normalized spacial score (nSPS) is 14.0. The molecule has 0 fully saturated rings. The summed E-state index contributed by atoms with van der Waals surface area (Å²) in [7, 11) is 0. The number of thioether (sulfide) groups is 1. The van der Waals surface area contributed by atoms with E-state index in [0.717, 1.165) is 16.7 Å². The molecule has 2 aromatic carbocycles. The van der Waals surface area contributed by atoms with Crippen LogP contribution >= 0.6 is 11.8 Å². The molecule has 5 nitrogen and oxygen atoms in total. The Hall–Kier alpha value is -2.94. The third-order valence-corrected chi connectivity index (χ3v) is 5.23. The number of imide groups is 1. The molecule has 4 rings (SSSR count). The molecule has 0 radical (unpaired) electrons. The first-order valence-electron chi connectivity index (χ1n) is 8.28. The zero-order chi connectivity index (χ0) is 19.9. The van der Waals surface area contributed by atoms with Gasteiger partial charge in [-0.05, 0) is 18.2 Å². The lowest BCUT2D eigenvalue weighted by Crippen LogP contribution is -2.31. The van der Waals surface area contributed by atoms with E-state index in [4.69, 9.17) is 0 Å². The summed E-state index contributed by atoms with van der Waals surface area (Å²) in [5.41, 5.74) is 0.863. The lowest BCUT2D eigenvalue weighted by molar-refractivity contribution is -0.145. The number of alkyl halides is 3. The Bertz CT molecular complexity index is 1070. The fourth-order valence-electron chi connectivity index (χ4n) is 2.96. The van der Waals surface area contributed by atoms with Crippen LogP contribution in [0.2, 0.25) is 0 Å². The van der Waals surface area contributed by atoms with E-state index in [1.165, 1.54) is 6.07 Å². The van der Waals surface area contributed by atoms with Crippen molar-refractivity contribution in [2.24, 2.45) is 0 Å². The van der Waals surface area contributed by atoms with E-state index >= 15 is 0 Å². The summed E-state index contributed by atoms with van der Waals surface area (Å²) in [6.07, 6.45) is -4.66. The van der Waals surface area contributed by atoms with Gasteiger partial charge >= 0.3 is 6.18 Å². The molecule has 2 amide bonds. The molecule has 9 heteroatoms. The zero-order valence-corrected chi connectivity index (χ0v) is 15.0. The first-order chi connectivity index (χ1) is 13.4. The maximum Gasteiger partial charge on any atom is 0.451 e. The predicted octanol–water partition coefficient (Wildman–Crippen LogP) is 4.04. The van der Waals surface area contributed by atoms with Crippen LogP contribution in [0.4, 0.5) is 13.2 Å². The fraction of sp³-hybridized carbons (Fsp3) is 0.158. The van der Waals surface area contributed by atoms with Crippen LogP contribution in [0.3, 0.4) is 0 Å². The molecule has 0 saturated heterocycles. The number of rotatable bonds is 4. The Kier molecular flexibility index (Phi) is 4.54. The molecule has 2 heterocycles. The van der Waals surface area contributed by atoms with Gasteiger partial charge in [0, 0.05) is 17.7 Å². The second-order valence-corrected chi connectivity index (χ2v) is 7.11. The minimum absolute atomic E-state index is 0.0662. The van der Waals surface area contributed by atoms with Gasteiger partial charge in [0.15, 0.2) is 0 Å². The highest BCUT2D eigenvalue weighted by Gasteiger charge is 2.36. The molecule has 1 aliphatic rings. The minimum Gasteiger partial charge on any atom is -0.273 e. The third kappa shape index (κ3) is 3.22. The van der Waals surface area contributed by atoms with Gasteiger partial charge in [-0.3, -0.25) is 14.5 Å². The SMILES string of the molecule is O=C1c2ccccc2C(=O)N1CCSc1nc(C(F)(F)F)nc2ccccc12. The number of halogens is 3. The quantitative estimate of drug-likeness (QED) is 0.374. The van der Waals surface area contributed by atoms with Crippen molar-refractivity contribution in [3.8, 4) is 0 Å². The molecule has 3 aromatic rings. The molecule has 0 aliphatic carbocycles. The molecule has 0 saturated carbocycles. The predicted molar refractivity (Wildman–Crippen MR) is 97.1 cm³/mol. The van der Waals surface area contributed by atoms with Crippen LogP contribution < -0.4 is 0 Å². The molecule has 0 spiro atoms. The number of para-hydroxylation sites is 1. The number of hydrogen-bond donors (Lipinski definition) is 0. The Morgan fingerprint density at radius 3 is 2.14 bits per heavy atom. The number of aromatic nitrogens is 2. The average molecular weight is 403 g/mol. The minimum atomic E-state index is -4.66. The van der Waals surface area contributed by atoms with Crippen molar-refractivity contribution in [2.45, 2.75) is 11.2 Å². The molecule has 1 aromatic heterocycles. The summed E-state index contributed by atoms with van der Waals surface area (Å²) in [6, 6.07) is 12.9. The van der Waals surface area contributed by atoms with Crippen LogP contribution in [0.5, 0.6) is 0 Å². The lowest BCUT2D eigenvalue weighted by atomic mass is 10.1. The molecular weight excluding hydrogens is 391 g/mol. The molecule has 0 unspecified atom stereocenters. The largest absolute Gasteiger partial charge is 0.451 e. The number of benzene rings is 2. The van der Waals surface area contributed by atoms with Gasteiger partial charge in [-0.15, -0.1) is 11.8 Å². The van der Waals surface area contributed by atoms with Crippen LogP contribution in [0.1, 0.15) is 26.5 Å². The highest BCUT2D eigenvalue weighted by Crippen LogP contribution is 2.32. The molecule has 0 N–H and O–H groups in total. The number of nitrogens with zero attached hydrogens (tertiary/aromatic N) is 3. The Labute approximate surface area is 161 Å².